The maximum Gasteiger partial charge on any atom is 0.258 e. The van der Waals surface area contributed by atoms with E-state index >= 15 is 0 Å². The van der Waals surface area contributed by atoms with Crippen LogP contribution >= 0.6 is 0 Å². The highest BCUT2D eigenvalue weighted by molar-refractivity contribution is 5.77. The average molecular weight is 262 g/mol. The Morgan fingerprint density at radius 1 is 1.47 bits per heavy atom. The Balaban J connectivity index is 2.75. The number of hydrogen-bond donors (Lipinski definition) is 2. The lowest BCUT2D eigenvalue weighted by Gasteiger charge is -2.14. The van der Waals surface area contributed by atoms with Crippen molar-refractivity contribution in [3.05, 3.63) is 23.8 Å². The Labute approximate surface area is 113 Å². The summed E-state index contributed by atoms with van der Waals surface area (Å²) in [6.45, 7) is 2.74. The number of nitrogens with one attached hydrogen (secondary N) is 1. The minimum absolute atomic E-state index is 0.126. The molecule has 0 heterocycles. The van der Waals surface area contributed by atoms with Crippen LogP contribution in [-0.2, 0) is 11.3 Å². The molecule has 1 amide bonds. The fraction of sp³-hybridized carbons (Fsp3) is 0.357. The highest BCUT2D eigenvalue weighted by atomic mass is 16.5. The van der Waals surface area contributed by atoms with Crippen molar-refractivity contribution in [1.29, 1.82) is 0 Å². The first kappa shape index (κ1) is 14.9. The number of hydrogen-bond acceptors (Lipinski definition) is 4. The van der Waals surface area contributed by atoms with Crippen LogP contribution in [0.2, 0.25) is 0 Å². The number of ether oxygens (including phenoxy) is 2. The van der Waals surface area contributed by atoms with Crippen molar-refractivity contribution in [1.82, 2.24) is 5.32 Å². The number of rotatable bonds is 7. The van der Waals surface area contributed by atoms with Crippen LogP contribution in [0.1, 0.15) is 12.5 Å². The van der Waals surface area contributed by atoms with Gasteiger partial charge in [-0.1, -0.05) is 18.1 Å². The average Bonchev–Trinajstić information content (AvgIpc) is 2.43. The molecule has 0 saturated carbocycles. The Morgan fingerprint density at radius 3 is 2.89 bits per heavy atom. The molecule has 1 rings (SSSR count). The van der Waals surface area contributed by atoms with E-state index in [1.807, 2.05) is 19.1 Å². The van der Waals surface area contributed by atoms with Crippen molar-refractivity contribution in [2.24, 2.45) is 5.73 Å². The second kappa shape index (κ2) is 8.01. The van der Waals surface area contributed by atoms with Gasteiger partial charge in [0.25, 0.3) is 5.91 Å². The van der Waals surface area contributed by atoms with E-state index in [0.717, 1.165) is 5.56 Å². The van der Waals surface area contributed by atoms with Gasteiger partial charge >= 0.3 is 0 Å². The maximum absolute atomic E-state index is 11.4. The van der Waals surface area contributed by atoms with Crippen LogP contribution in [-0.4, -0.2) is 25.7 Å². The summed E-state index contributed by atoms with van der Waals surface area (Å²) in [4.78, 5) is 11.4. The first-order valence-electron chi connectivity index (χ1n) is 6.00. The van der Waals surface area contributed by atoms with Gasteiger partial charge in [-0.3, -0.25) is 4.79 Å². The van der Waals surface area contributed by atoms with Crippen molar-refractivity contribution >= 4 is 5.91 Å². The minimum atomic E-state index is -0.285. The third-order valence-corrected chi connectivity index (χ3v) is 2.32. The topological polar surface area (TPSA) is 73.6 Å². The van der Waals surface area contributed by atoms with Crippen LogP contribution in [0.3, 0.4) is 0 Å². The number of para-hydroxylation sites is 1. The van der Waals surface area contributed by atoms with Gasteiger partial charge in [-0.05, 0) is 13.0 Å². The molecule has 0 spiro atoms. The van der Waals surface area contributed by atoms with E-state index in [4.69, 9.17) is 21.6 Å². The quantitative estimate of drug-likeness (QED) is 0.708. The zero-order chi connectivity index (χ0) is 14.1. The molecule has 0 saturated heterocycles. The van der Waals surface area contributed by atoms with Crippen LogP contribution in [0.15, 0.2) is 18.2 Å². The third kappa shape index (κ3) is 4.53. The van der Waals surface area contributed by atoms with E-state index in [1.54, 1.807) is 6.07 Å². The van der Waals surface area contributed by atoms with Gasteiger partial charge in [-0.15, -0.1) is 6.42 Å². The van der Waals surface area contributed by atoms with Crippen LogP contribution in [0.4, 0.5) is 0 Å². The fourth-order valence-electron chi connectivity index (χ4n) is 1.49. The molecule has 5 heteroatoms. The highest BCUT2D eigenvalue weighted by Crippen LogP contribution is 2.31. The molecule has 0 aliphatic heterocycles. The minimum Gasteiger partial charge on any atom is -0.490 e. The summed E-state index contributed by atoms with van der Waals surface area (Å²) in [6.07, 6.45) is 5.05. The van der Waals surface area contributed by atoms with Crippen molar-refractivity contribution in [3.63, 3.8) is 0 Å². The van der Waals surface area contributed by atoms with Crippen molar-refractivity contribution in [2.45, 2.75) is 13.5 Å². The fourth-order valence-corrected chi connectivity index (χ4v) is 1.49. The Bertz CT molecular complexity index is 466. The first-order valence-corrected chi connectivity index (χ1v) is 6.00. The Morgan fingerprint density at radius 2 is 2.26 bits per heavy atom. The predicted molar refractivity (Wildman–Crippen MR) is 72.8 cm³/mol. The van der Waals surface area contributed by atoms with E-state index in [-0.39, 0.29) is 19.1 Å². The largest absolute Gasteiger partial charge is 0.490 e. The van der Waals surface area contributed by atoms with Gasteiger partial charge in [0.15, 0.2) is 18.1 Å². The lowest BCUT2D eigenvalue weighted by molar-refractivity contribution is -0.122. The summed E-state index contributed by atoms with van der Waals surface area (Å²) in [5.41, 5.74) is 6.43. The molecule has 0 atom stereocenters. The molecule has 19 heavy (non-hydrogen) atoms. The summed E-state index contributed by atoms with van der Waals surface area (Å²) >= 11 is 0. The van der Waals surface area contributed by atoms with Crippen LogP contribution in [0, 0.1) is 12.3 Å². The Hall–Kier alpha value is -2.19. The SMILES string of the molecule is C#CCNC(=O)COc1c(CN)cccc1OCC. The molecule has 0 fully saturated rings. The summed E-state index contributed by atoms with van der Waals surface area (Å²) in [7, 11) is 0. The maximum atomic E-state index is 11.4. The zero-order valence-corrected chi connectivity index (χ0v) is 10.9. The van der Waals surface area contributed by atoms with E-state index in [0.29, 0.717) is 24.7 Å². The molecule has 1 aromatic rings. The summed E-state index contributed by atoms with van der Waals surface area (Å²) < 4.78 is 10.9. The molecule has 102 valence electrons. The summed E-state index contributed by atoms with van der Waals surface area (Å²) in [5, 5.41) is 2.52. The number of terminal acetylenes is 1. The molecule has 0 bridgehead atoms. The van der Waals surface area contributed by atoms with Crippen molar-refractivity contribution in [2.75, 3.05) is 19.8 Å². The Kier molecular flexibility index (Phi) is 6.27. The smallest absolute Gasteiger partial charge is 0.258 e. The van der Waals surface area contributed by atoms with E-state index < -0.39 is 0 Å². The number of amides is 1. The van der Waals surface area contributed by atoms with E-state index in [2.05, 4.69) is 11.2 Å². The molecule has 0 aliphatic carbocycles. The van der Waals surface area contributed by atoms with Gasteiger partial charge in [0, 0.05) is 12.1 Å². The van der Waals surface area contributed by atoms with Crippen molar-refractivity contribution in [3.8, 4) is 23.8 Å². The lowest BCUT2D eigenvalue weighted by atomic mass is 10.2. The van der Waals surface area contributed by atoms with E-state index in [9.17, 15) is 4.79 Å². The number of nitrogens with two attached hydrogens (primary N) is 1. The standard InChI is InChI=1S/C14H18N2O3/c1-3-8-16-13(17)10-19-14-11(9-15)6-5-7-12(14)18-4-2/h1,5-7H,4,8-10,15H2,2H3,(H,16,17). The van der Waals surface area contributed by atoms with Gasteiger partial charge in [0.2, 0.25) is 0 Å². The van der Waals surface area contributed by atoms with Gasteiger partial charge in [0.1, 0.15) is 0 Å². The van der Waals surface area contributed by atoms with Gasteiger partial charge in [-0.25, -0.2) is 0 Å². The number of carbonyl (C=O) groups excluding carboxylic acids is 1. The lowest BCUT2D eigenvalue weighted by Crippen LogP contribution is -2.29. The molecule has 0 unspecified atom stereocenters. The van der Waals surface area contributed by atoms with Crippen LogP contribution in [0.5, 0.6) is 11.5 Å². The first-order chi connectivity index (χ1) is 9.22. The highest BCUT2D eigenvalue weighted by Gasteiger charge is 2.11. The molecular weight excluding hydrogens is 244 g/mol. The van der Waals surface area contributed by atoms with Gasteiger partial charge in [0.05, 0.1) is 13.2 Å². The molecule has 1 aromatic carbocycles. The molecular formula is C14H18N2O3. The van der Waals surface area contributed by atoms with Crippen LogP contribution in [0.25, 0.3) is 0 Å². The summed E-state index contributed by atoms with van der Waals surface area (Å²) in [6, 6.07) is 5.44. The molecule has 5 nitrogen and oxygen atoms in total. The monoisotopic (exact) mass is 262 g/mol. The molecule has 0 aliphatic rings. The van der Waals surface area contributed by atoms with E-state index in [1.165, 1.54) is 0 Å². The predicted octanol–water partition coefficient (Wildman–Crippen LogP) is 0.672. The molecule has 0 aromatic heterocycles. The molecule has 3 N–H and O–H groups in total. The van der Waals surface area contributed by atoms with Gasteiger partial charge in [-0.2, -0.15) is 0 Å². The van der Waals surface area contributed by atoms with Gasteiger partial charge < -0.3 is 20.5 Å². The number of benzene rings is 1. The number of carbonyl (C=O) groups is 1. The second-order valence-electron chi connectivity index (χ2n) is 3.65. The normalized spacial score (nSPS) is 9.53. The van der Waals surface area contributed by atoms with Crippen molar-refractivity contribution < 1.29 is 14.3 Å². The third-order valence-electron chi connectivity index (χ3n) is 2.32. The second-order valence-corrected chi connectivity index (χ2v) is 3.65. The summed E-state index contributed by atoms with van der Waals surface area (Å²) in [5.74, 6) is 3.12. The van der Waals surface area contributed by atoms with Crippen LogP contribution < -0.4 is 20.5 Å². The zero-order valence-electron chi connectivity index (χ0n) is 10.9. The molecule has 0 radical (unpaired) electrons.